The standard InChI is InChI=1S/C5H6Cl3N3O2/c6-5(7,8)4(13)10-2-1-9-11-3(2)12/h2,9H,1H2,(H,10,13)(H,11,12)/t2-/m0/s1. The second kappa shape index (κ2) is 3.88. The van der Waals surface area contributed by atoms with Crippen molar-refractivity contribution in [3.8, 4) is 0 Å². The van der Waals surface area contributed by atoms with E-state index in [4.69, 9.17) is 34.8 Å². The summed E-state index contributed by atoms with van der Waals surface area (Å²) in [4.78, 5) is 22.0. The van der Waals surface area contributed by atoms with Crippen LogP contribution in [0.15, 0.2) is 0 Å². The van der Waals surface area contributed by atoms with Crippen molar-refractivity contribution in [1.82, 2.24) is 16.2 Å². The Labute approximate surface area is 89.0 Å². The molecule has 0 aromatic heterocycles. The van der Waals surface area contributed by atoms with Crippen LogP contribution in [0.4, 0.5) is 0 Å². The third-order valence-corrected chi connectivity index (χ3v) is 1.91. The average molecular weight is 246 g/mol. The first-order valence-corrected chi connectivity index (χ1v) is 4.45. The van der Waals surface area contributed by atoms with Gasteiger partial charge in [0.15, 0.2) is 0 Å². The van der Waals surface area contributed by atoms with Crippen LogP contribution in [-0.4, -0.2) is 28.2 Å². The van der Waals surface area contributed by atoms with E-state index >= 15 is 0 Å². The molecular weight excluding hydrogens is 240 g/mol. The Bertz CT molecular complexity index is 240. The lowest BCUT2D eigenvalue weighted by Gasteiger charge is -2.13. The van der Waals surface area contributed by atoms with Gasteiger partial charge in [-0.05, 0) is 0 Å². The number of amides is 2. The number of nitrogens with one attached hydrogen (secondary N) is 3. The lowest BCUT2D eigenvalue weighted by Crippen LogP contribution is -2.46. The molecule has 0 aromatic carbocycles. The first kappa shape index (κ1) is 10.8. The molecule has 0 spiro atoms. The highest BCUT2D eigenvalue weighted by Crippen LogP contribution is 2.25. The highest BCUT2D eigenvalue weighted by molar-refractivity contribution is 6.76. The molecule has 0 unspecified atom stereocenters. The van der Waals surface area contributed by atoms with Gasteiger partial charge >= 0.3 is 0 Å². The number of hydrazine groups is 1. The summed E-state index contributed by atoms with van der Waals surface area (Å²) in [6.45, 7) is 0.269. The van der Waals surface area contributed by atoms with Crippen molar-refractivity contribution in [1.29, 1.82) is 0 Å². The molecule has 0 aliphatic carbocycles. The first-order chi connectivity index (χ1) is 5.91. The predicted octanol–water partition coefficient (Wildman–Crippen LogP) is -0.524. The van der Waals surface area contributed by atoms with Gasteiger partial charge < -0.3 is 5.32 Å². The Morgan fingerprint density at radius 3 is 2.54 bits per heavy atom. The second-order valence-electron chi connectivity index (χ2n) is 2.39. The van der Waals surface area contributed by atoms with Gasteiger partial charge in [0.05, 0.1) is 0 Å². The fourth-order valence-electron chi connectivity index (χ4n) is 0.777. The summed E-state index contributed by atoms with van der Waals surface area (Å²) < 4.78 is -2.04. The van der Waals surface area contributed by atoms with E-state index in [-0.39, 0.29) is 12.5 Å². The summed E-state index contributed by atoms with van der Waals surface area (Å²) in [5, 5.41) is 2.26. The number of alkyl halides is 3. The molecule has 13 heavy (non-hydrogen) atoms. The molecule has 0 bridgehead atoms. The van der Waals surface area contributed by atoms with E-state index in [9.17, 15) is 9.59 Å². The molecule has 0 aromatic rings. The van der Waals surface area contributed by atoms with Crippen LogP contribution in [-0.2, 0) is 9.59 Å². The molecule has 1 saturated heterocycles. The van der Waals surface area contributed by atoms with Crippen LogP contribution in [0.1, 0.15) is 0 Å². The van der Waals surface area contributed by atoms with Crippen molar-refractivity contribution in [3.63, 3.8) is 0 Å². The topological polar surface area (TPSA) is 70.2 Å². The summed E-state index contributed by atoms with van der Waals surface area (Å²) in [6, 6.07) is -0.692. The Kier molecular flexibility index (Phi) is 3.23. The number of halogens is 3. The van der Waals surface area contributed by atoms with Gasteiger partial charge in [-0.3, -0.25) is 15.0 Å². The zero-order valence-corrected chi connectivity index (χ0v) is 8.50. The maximum Gasteiger partial charge on any atom is 0.272 e. The molecule has 1 fully saturated rings. The summed E-state index contributed by atoms with van der Waals surface area (Å²) in [6.07, 6.45) is 0. The van der Waals surface area contributed by atoms with E-state index in [2.05, 4.69) is 16.2 Å². The third kappa shape index (κ3) is 2.87. The van der Waals surface area contributed by atoms with Gasteiger partial charge in [0.1, 0.15) is 6.04 Å². The van der Waals surface area contributed by atoms with Crippen molar-refractivity contribution >= 4 is 46.6 Å². The Balaban J connectivity index is 2.49. The van der Waals surface area contributed by atoms with Gasteiger partial charge in [0, 0.05) is 6.54 Å². The minimum atomic E-state index is -2.04. The normalized spacial score (nSPS) is 22.7. The Hall–Kier alpha value is -0.230. The zero-order chi connectivity index (χ0) is 10.1. The van der Waals surface area contributed by atoms with E-state index in [1.807, 2.05) is 0 Å². The lowest BCUT2D eigenvalue weighted by molar-refractivity contribution is -0.126. The average Bonchev–Trinajstić information content (AvgIpc) is 2.34. The van der Waals surface area contributed by atoms with Crippen LogP contribution in [0.5, 0.6) is 0 Å². The van der Waals surface area contributed by atoms with Gasteiger partial charge in [-0.1, -0.05) is 34.8 Å². The molecule has 1 heterocycles. The van der Waals surface area contributed by atoms with Gasteiger partial charge in [-0.15, -0.1) is 0 Å². The molecule has 2 amide bonds. The fraction of sp³-hybridized carbons (Fsp3) is 0.600. The van der Waals surface area contributed by atoms with Crippen LogP contribution in [0.2, 0.25) is 0 Å². The molecule has 1 atom stereocenters. The molecular formula is C5H6Cl3N3O2. The molecule has 1 rings (SSSR count). The van der Waals surface area contributed by atoms with Crippen LogP contribution < -0.4 is 16.2 Å². The number of hydrogen-bond donors (Lipinski definition) is 3. The fourth-order valence-corrected chi connectivity index (χ4v) is 0.940. The van der Waals surface area contributed by atoms with Crippen molar-refractivity contribution in [2.24, 2.45) is 0 Å². The van der Waals surface area contributed by atoms with Crippen molar-refractivity contribution < 1.29 is 9.59 Å². The van der Waals surface area contributed by atoms with Crippen LogP contribution in [0, 0.1) is 0 Å². The van der Waals surface area contributed by atoms with E-state index in [0.717, 1.165) is 0 Å². The maximum absolute atomic E-state index is 11.1. The summed E-state index contributed by atoms with van der Waals surface area (Å²) in [5.74, 6) is -1.18. The van der Waals surface area contributed by atoms with E-state index in [1.165, 1.54) is 0 Å². The first-order valence-electron chi connectivity index (χ1n) is 3.31. The molecule has 1 aliphatic heterocycles. The lowest BCUT2D eigenvalue weighted by atomic mass is 10.3. The van der Waals surface area contributed by atoms with Gasteiger partial charge in [0.2, 0.25) is 0 Å². The highest BCUT2D eigenvalue weighted by Gasteiger charge is 2.35. The van der Waals surface area contributed by atoms with Crippen LogP contribution in [0.25, 0.3) is 0 Å². The zero-order valence-electron chi connectivity index (χ0n) is 6.23. The number of carbonyl (C=O) groups excluding carboxylic acids is 2. The minimum Gasteiger partial charge on any atom is -0.339 e. The minimum absolute atomic E-state index is 0.269. The van der Waals surface area contributed by atoms with Gasteiger partial charge in [-0.2, -0.15) is 0 Å². The molecule has 1 aliphatic rings. The predicted molar refractivity (Wildman–Crippen MR) is 48.4 cm³/mol. The summed E-state index contributed by atoms with van der Waals surface area (Å²) in [7, 11) is 0. The SMILES string of the molecule is O=C1NNC[C@@H]1NC(=O)C(Cl)(Cl)Cl. The maximum atomic E-state index is 11.1. The van der Waals surface area contributed by atoms with Gasteiger partial charge in [-0.25, -0.2) is 5.43 Å². The number of hydrogen-bond acceptors (Lipinski definition) is 3. The summed E-state index contributed by atoms with van der Waals surface area (Å²) >= 11 is 15.8. The molecule has 8 heteroatoms. The molecule has 5 nitrogen and oxygen atoms in total. The number of carbonyl (C=O) groups is 2. The molecule has 74 valence electrons. The van der Waals surface area contributed by atoms with Crippen molar-refractivity contribution in [3.05, 3.63) is 0 Å². The van der Waals surface area contributed by atoms with Crippen LogP contribution >= 0.6 is 34.8 Å². The Morgan fingerprint density at radius 2 is 2.15 bits per heavy atom. The monoisotopic (exact) mass is 245 g/mol. The van der Waals surface area contributed by atoms with Crippen molar-refractivity contribution in [2.45, 2.75) is 9.83 Å². The van der Waals surface area contributed by atoms with Crippen molar-refractivity contribution in [2.75, 3.05) is 6.54 Å². The van der Waals surface area contributed by atoms with E-state index in [1.54, 1.807) is 0 Å². The third-order valence-electron chi connectivity index (χ3n) is 1.40. The molecule has 0 saturated carbocycles. The molecule has 0 radical (unpaired) electrons. The highest BCUT2D eigenvalue weighted by atomic mass is 35.6. The largest absolute Gasteiger partial charge is 0.339 e. The second-order valence-corrected chi connectivity index (χ2v) is 4.68. The quantitative estimate of drug-likeness (QED) is 0.545. The van der Waals surface area contributed by atoms with E-state index in [0.29, 0.717) is 0 Å². The van der Waals surface area contributed by atoms with Crippen LogP contribution in [0.3, 0.4) is 0 Å². The Morgan fingerprint density at radius 1 is 1.54 bits per heavy atom. The summed E-state index contributed by atoms with van der Waals surface area (Å²) in [5.41, 5.74) is 4.83. The molecule has 3 N–H and O–H groups in total. The smallest absolute Gasteiger partial charge is 0.272 e. The van der Waals surface area contributed by atoms with Gasteiger partial charge in [0.25, 0.3) is 15.6 Å². The van der Waals surface area contributed by atoms with E-state index < -0.39 is 15.7 Å². The number of rotatable bonds is 1.